The molecule has 6 nitrogen and oxygen atoms in total. The minimum atomic E-state index is -0.379. The number of nitrogens with two attached hydrogens (primary N) is 1. The van der Waals surface area contributed by atoms with Crippen LogP contribution >= 0.6 is 0 Å². The molecule has 0 heterocycles. The van der Waals surface area contributed by atoms with E-state index in [1.165, 1.54) is 6.92 Å². The van der Waals surface area contributed by atoms with Crippen LogP contribution in [0.25, 0.3) is 0 Å². The highest BCUT2D eigenvalue weighted by Gasteiger charge is 2.37. The van der Waals surface area contributed by atoms with Crippen molar-refractivity contribution in [2.24, 2.45) is 5.73 Å². The molecule has 0 aromatic heterocycles. The number of benzene rings is 1. The van der Waals surface area contributed by atoms with E-state index in [-0.39, 0.29) is 29.4 Å². The Morgan fingerprint density at radius 3 is 2.25 bits per heavy atom. The monoisotopic (exact) mass is 331 g/mol. The lowest BCUT2D eigenvalue weighted by atomic mass is 9.80. The van der Waals surface area contributed by atoms with Crippen molar-refractivity contribution in [2.75, 3.05) is 0 Å². The summed E-state index contributed by atoms with van der Waals surface area (Å²) in [5, 5.41) is 10.4. The molecule has 2 rings (SSSR count). The summed E-state index contributed by atoms with van der Waals surface area (Å²) in [5.74, 6) is -0.396. The van der Waals surface area contributed by atoms with Gasteiger partial charge in [-0.15, -0.1) is 0 Å². The van der Waals surface area contributed by atoms with Crippen molar-refractivity contribution < 1.29 is 14.3 Å². The van der Waals surface area contributed by atoms with E-state index in [1.54, 1.807) is 24.3 Å². The average molecular weight is 331 g/mol. The Morgan fingerprint density at radius 2 is 1.79 bits per heavy atom. The number of carbonyl (C=O) groups is 2. The van der Waals surface area contributed by atoms with E-state index < -0.39 is 0 Å². The smallest absolute Gasteiger partial charge is 0.303 e. The molecule has 1 amide bonds. The molecule has 1 aromatic carbocycles. The fraction of sp³-hybridized carbons (Fsp3) is 0.500. The number of amides is 1. The summed E-state index contributed by atoms with van der Waals surface area (Å²) in [5.41, 5.74) is 6.17. The molecule has 1 aromatic rings. The third-order valence-electron chi connectivity index (χ3n) is 4.69. The second kappa shape index (κ2) is 7.47. The van der Waals surface area contributed by atoms with Gasteiger partial charge in [-0.05, 0) is 44.2 Å². The number of esters is 1. The SMILES string of the molecule is CCC1(OC(C)=O)CCC(NC(=O)c2ccc(C(=N)N)cc2)CC1. The Bertz CT molecular complexity index is 617. The number of ether oxygens (including phenoxy) is 1. The van der Waals surface area contributed by atoms with Gasteiger partial charge >= 0.3 is 5.97 Å². The van der Waals surface area contributed by atoms with E-state index in [1.807, 2.05) is 6.92 Å². The van der Waals surface area contributed by atoms with Gasteiger partial charge in [0.1, 0.15) is 11.4 Å². The number of carbonyl (C=O) groups excluding carboxylic acids is 2. The van der Waals surface area contributed by atoms with Crippen molar-refractivity contribution in [3.8, 4) is 0 Å². The highest BCUT2D eigenvalue weighted by atomic mass is 16.6. The summed E-state index contributed by atoms with van der Waals surface area (Å²) in [6.07, 6.45) is 3.89. The van der Waals surface area contributed by atoms with Crippen molar-refractivity contribution in [1.29, 1.82) is 5.41 Å². The summed E-state index contributed by atoms with van der Waals surface area (Å²) in [6.45, 7) is 3.47. The third-order valence-corrected chi connectivity index (χ3v) is 4.69. The molecule has 0 spiro atoms. The normalized spacial score (nSPS) is 23.3. The van der Waals surface area contributed by atoms with E-state index in [0.717, 1.165) is 32.1 Å². The van der Waals surface area contributed by atoms with Gasteiger partial charge in [-0.2, -0.15) is 0 Å². The van der Waals surface area contributed by atoms with E-state index in [2.05, 4.69) is 5.32 Å². The third kappa shape index (κ3) is 4.34. The Morgan fingerprint density at radius 1 is 1.25 bits per heavy atom. The first kappa shape index (κ1) is 18.0. The number of rotatable bonds is 5. The Balaban J connectivity index is 1.92. The predicted octanol–water partition coefficient (Wildman–Crippen LogP) is 2.35. The Hall–Kier alpha value is -2.37. The molecule has 1 aliphatic rings. The number of amidine groups is 1. The van der Waals surface area contributed by atoms with E-state index in [4.69, 9.17) is 15.9 Å². The van der Waals surface area contributed by atoms with Gasteiger partial charge in [-0.1, -0.05) is 19.1 Å². The minimum absolute atomic E-state index is 0.0179. The fourth-order valence-corrected chi connectivity index (χ4v) is 3.19. The first-order valence-electron chi connectivity index (χ1n) is 8.30. The first-order valence-corrected chi connectivity index (χ1v) is 8.30. The molecule has 4 N–H and O–H groups in total. The Labute approximate surface area is 142 Å². The highest BCUT2D eigenvalue weighted by Crippen LogP contribution is 2.34. The quantitative estimate of drug-likeness (QED) is 0.437. The lowest BCUT2D eigenvalue weighted by Crippen LogP contribution is -2.45. The minimum Gasteiger partial charge on any atom is -0.459 e. The summed E-state index contributed by atoms with van der Waals surface area (Å²) >= 11 is 0. The van der Waals surface area contributed by atoms with Crippen LogP contribution in [0.4, 0.5) is 0 Å². The molecule has 0 radical (unpaired) electrons. The van der Waals surface area contributed by atoms with Crippen LogP contribution in [0.5, 0.6) is 0 Å². The molecule has 1 fully saturated rings. The molecule has 6 heteroatoms. The highest BCUT2D eigenvalue weighted by molar-refractivity contribution is 5.98. The molecule has 0 aliphatic heterocycles. The summed E-state index contributed by atoms with van der Waals surface area (Å²) in [7, 11) is 0. The molecule has 0 unspecified atom stereocenters. The van der Waals surface area contributed by atoms with Crippen LogP contribution in [-0.4, -0.2) is 29.4 Å². The Kier molecular flexibility index (Phi) is 5.59. The molecular weight excluding hydrogens is 306 g/mol. The van der Waals surface area contributed by atoms with E-state index in [9.17, 15) is 9.59 Å². The molecule has 130 valence electrons. The van der Waals surface area contributed by atoms with Gasteiger partial charge in [0.15, 0.2) is 0 Å². The average Bonchev–Trinajstić information content (AvgIpc) is 2.56. The van der Waals surface area contributed by atoms with Crippen LogP contribution < -0.4 is 11.1 Å². The summed E-state index contributed by atoms with van der Waals surface area (Å²) in [4.78, 5) is 23.6. The maximum Gasteiger partial charge on any atom is 0.303 e. The van der Waals surface area contributed by atoms with Gasteiger partial charge in [0.2, 0.25) is 0 Å². The van der Waals surface area contributed by atoms with Crippen LogP contribution in [0.2, 0.25) is 0 Å². The second-order valence-corrected chi connectivity index (χ2v) is 6.37. The van der Waals surface area contributed by atoms with Crippen molar-refractivity contribution >= 4 is 17.7 Å². The maximum atomic E-state index is 12.3. The van der Waals surface area contributed by atoms with Crippen LogP contribution in [0, 0.1) is 5.41 Å². The molecule has 0 bridgehead atoms. The predicted molar refractivity (Wildman–Crippen MR) is 92.0 cm³/mol. The standard InChI is InChI=1S/C18H25N3O3/c1-3-18(24-12(2)22)10-8-15(9-11-18)21-17(23)14-6-4-13(5-7-14)16(19)20/h4-7,15H,3,8-11H2,1-2H3,(H3,19,20)(H,21,23). The van der Waals surface area contributed by atoms with Gasteiger partial charge in [0.25, 0.3) is 5.91 Å². The van der Waals surface area contributed by atoms with Crippen molar-refractivity contribution in [3.05, 3.63) is 35.4 Å². The lowest BCUT2D eigenvalue weighted by Gasteiger charge is -2.39. The molecule has 1 aliphatic carbocycles. The van der Waals surface area contributed by atoms with E-state index >= 15 is 0 Å². The number of hydrogen-bond donors (Lipinski definition) is 3. The molecule has 1 saturated carbocycles. The van der Waals surface area contributed by atoms with Crippen LogP contribution in [0.3, 0.4) is 0 Å². The molecule has 0 atom stereocenters. The zero-order chi connectivity index (χ0) is 17.7. The maximum absolute atomic E-state index is 12.3. The van der Waals surface area contributed by atoms with Crippen LogP contribution in [0.1, 0.15) is 61.9 Å². The topological polar surface area (TPSA) is 105 Å². The summed E-state index contributed by atoms with van der Waals surface area (Å²) < 4.78 is 5.52. The van der Waals surface area contributed by atoms with Crippen molar-refractivity contribution in [2.45, 2.75) is 57.6 Å². The molecular formula is C18H25N3O3. The summed E-state index contributed by atoms with van der Waals surface area (Å²) in [6, 6.07) is 6.76. The zero-order valence-electron chi connectivity index (χ0n) is 14.2. The first-order chi connectivity index (χ1) is 11.3. The van der Waals surface area contributed by atoms with Crippen LogP contribution in [0.15, 0.2) is 24.3 Å². The van der Waals surface area contributed by atoms with Gasteiger partial charge in [0.05, 0.1) is 0 Å². The number of nitrogen functional groups attached to an aromatic ring is 1. The second-order valence-electron chi connectivity index (χ2n) is 6.37. The molecule has 0 saturated heterocycles. The van der Waals surface area contributed by atoms with E-state index in [0.29, 0.717) is 11.1 Å². The fourth-order valence-electron chi connectivity index (χ4n) is 3.19. The van der Waals surface area contributed by atoms with Gasteiger partial charge in [-0.3, -0.25) is 15.0 Å². The zero-order valence-corrected chi connectivity index (χ0v) is 14.2. The number of hydrogen-bond acceptors (Lipinski definition) is 4. The van der Waals surface area contributed by atoms with Gasteiger partial charge in [-0.25, -0.2) is 0 Å². The van der Waals surface area contributed by atoms with Gasteiger partial charge < -0.3 is 15.8 Å². The van der Waals surface area contributed by atoms with Crippen molar-refractivity contribution in [1.82, 2.24) is 5.32 Å². The molecule has 24 heavy (non-hydrogen) atoms. The van der Waals surface area contributed by atoms with Crippen molar-refractivity contribution in [3.63, 3.8) is 0 Å². The van der Waals surface area contributed by atoms with Gasteiger partial charge in [0, 0.05) is 24.1 Å². The van der Waals surface area contributed by atoms with Crippen LogP contribution in [-0.2, 0) is 9.53 Å². The largest absolute Gasteiger partial charge is 0.459 e. The number of nitrogens with one attached hydrogen (secondary N) is 2. The lowest BCUT2D eigenvalue weighted by molar-refractivity contribution is -0.161.